The summed E-state index contributed by atoms with van der Waals surface area (Å²) in [5.74, 6) is 0.479. The number of hydrogen-bond donors (Lipinski definition) is 0. The summed E-state index contributed by atoms with van der Waals surface area (Å²) >= 11 is 0. The number of benzene rings is 1. The molecule has 1 aliphatic carbocycles. The molecule has 1 aromatic rings. The highest BCUT2D eigenvalue weighted by Gasteiger charge is 2.43. The van der Waals surface area contributed by atoms with E-state index in [0.717, 1.165) is 6.42 Å². The molecule has 0 radical (unpaired) electrons. The molecule has 1 heterocycles. The van der Waals surface area contributed by atoms with Crippen molar-refractivity contribution in [2.24, 2.45) is 5.92 Å². The topological polar surface area (TPSA) is 44.8 Å². The highest BCUT2D eigenvalue weighted by molar-refractivity contribution is 7.58. The maximum atomic E-state index is 13.1. The Labute approximate surface area is 137 Å². The minimum Gasteiger partial charge on any atom is -0.478 e. The van der Waals surface area contributed by atoms with Gasteiger partial charge in [0, 0.05) is 11.8 Å². The molecular formula is C18H23O4P. The first kappa shape index (κ1) is 16.5. The van der Waals surface area contributed by atoms with Gasteiger partial charge in [0.15, 0.2) is 0 Å². The Hall–Kier alpha value is -1.35. The summed E-state index contributed by atoms with van der Waals surface area (Å²) < 4.78 is 30.0. The maximum absolute atomic E-state index is 13.1. The van der Waals surface area contributed by atoms with E-state index in [9.17, 15) is 4.57 Å². The van der Waals surface area contributed by atoms with E-state index in [-0.39, 0.29) is 12.0 Å². The van der Waals surface area contributed by atoms with Crippen LogP contribution in [0.25, 0.3) is 0 Å². The first-order chi connectivity index (χ1) is 11.2. The van der Waals surface area contributed by atoms with Crippen molar-refractivity contribution in [3.8, 4) is 0 Å². The summed E-state index contributed by atoms with van der Waals surface area (Å²) in [5, 5.41) is 0. The van der Waals surface area contributed by atoms with Crippen molar-refractivity contribution in [1.82, 2.24) is 0 Å². The zero-order chi connectivity index (χ0) is 16.3. The molecule has 0 amide bonds. The average molecular weight is 334 g/mol. The second-order valence-electron chi connectivity index (χ2n) is 5.68. The van der Waals surface area contributed by atoms with Crippen LogP contribution in [0.15, 0.2) is 54.1 Å². The Kier molecular flexibility index (Phi) is 5.05. The van der Waals surface area contributed by atoms with Crippen molar-refractivity contribution >= 4 is 7.60 Å². The highest BCUT2D eigenvalue weighted by atomic mass is 31.2. The predicted molar refractivity (Wildman–Crippen MR) is 90.2 cm³/mol. The third kappa shape index (κ3) is 3.30. The van der Waals surface area contributed by atoms with Crippen LogP contribution in [-0.2, 0) is 18.3 Å². The number of allylic oxidation sites excluding steroid dienone is 2. The molecule has 2 aliphatic rings. The number of rotatable bonds is 6. The molecule has 0 saturated heterocycles. The summed E-state index contributed by atoms with van der Waals surface area (Å²) in [6.07, 6.45) is 7.01. The molecule has 3 rings (SSSR count). The molecule has 4 nitrogen and oxygen atoms in total. The van der Waals surface area contributed by atoms with E-state index in [2.05, 4.69) is 24.3 Å². The van der Waals surface area contributed by atoms with Gasteiger partial charge in [0.05, 0.1) is 13.2 Å². The summed E-state index contributed by atoms with van der Waals surface area (Å²) in [4.78, 5) is 0. The van der Waals surface area contributed by atoms with Gasteiger partial charge in [0.25, 0.3) is 0 Å². The fourth-order valence-corrected chi connectivity index (χ4v) is 4.86. The zero-order valence-electron chi connectivity index (χ0n) is 13.6. The number of hydrogen-bond acceptors (Lipinski definition) is 4. The van der Waals surface area contributed by atoms with E-state index in [4.69, 9.17) is 13.8 Å². The van der Waals surface area contributed by atoms with Crippen molar-refractivity contribution in [3.05, 3.63) is 59.6 Å². The number of ether oxygens (including phenoxy) is 1. The van der Waals surface area contributed by atoms with E-state index in [1.54, 1.807) is 0 Å². The minimum absolute atomic E-state index is 0.0746. The van der Waals surface area contributed by atoms with E-state index in [1.807, 2.05) is 38.1 Å². The lowest BCUT2D eigenvalue weighted by Gasteiger charge is -2.35. The van der Waals surface area contributed by atoms with Crippen LogP contribution in [0.2, 0.25) is 0 Å². The Morgan fingerprint density at radius 3 is 2.52 bits per heavy atom. The maximum Gasteiger partial charge on any atom is 0.395 e. The molecule has 3 atom stereocenters. The fourth-order valence-electron chi connectivity index (χ4n) is 3.26. The molecule has 0 aromatic heterocycles. The van der Waals surface area contributed by atoms with E-state index in [1.165, 1.54) is 5.56 Å². The van der Waals surface area contributed by atoms with Crippen LogP contribution in [-0.4, -0.2) is 19.3 Å². The van der Waals surface area contributed by atoms with E-state index in [0.29, 0.717) is 24.6 Å². The third-order valence-corrected chi connectivity index (χ3v) is 6.24. The molecule has 124 valence electrons. The van der Waals surface area contributed by atoms with Gasteiger partial charge in [0.1, 0.15) is 6.10 Å². The van der Waals surface area contributed by atoms with Crippen LogP contribution in [0.3, 0.4) is 0 Å². The van der Waals surface area contributed by atoms with Crippen LogP contribution in [0.1, 0.15) is 31.7 Å². The Morgan fingerprint density at radius 2 is 1.87 bits per heavy atom. The molecule has 5 heteroatoms. The van der Waals surface area contributed by atoms with Gasteiger partial charge in [-0.1, -0.05) is 36.4 Å². The zero-order valence-corrected chi connectivity index (χ0v) is 14.4. The fraction of sp³-hybridized carbons (Fsp3) is 0.444. The van der Waals surface area contributed by atoms with Crippen LogP contribution < -0.4 is 0 Å². The van der Waals surface area contributed by atoms with Crippen molar-refractivity contribution < 1.29 is 18.3 Å². The Morgan fingerprint density at radius 1 is 1.17 bits per heavy atom. The van der Waals surface area contributed by atoms with Gasteiger partial charge in [-0.05, 0) is 38.0 Å². The molecule has 0 fully saturated rings. The lowest BCUT2D eigenvalue weighted by molar-refractivity contribution is 0.0861. The van der Waals surface area contributed by atoms with Gasteiger partial charge in [-0.2, -0.15) is 0 Å². The SMILES string of the molecule is CCOP(=O)(OCC)C1=C[C@@H](c2ccccc2)[C@H]2CC=C[C@@H]2O1. The molecule has 1 aromatic carbocycles. The van der Waals surface area contributed by atoms with Crippen molar-refractivity contribution in [2.45, 2.75) is 32.3 Å². The van der Waals surface area contributed by atoms with E-state index < -0.39 is 7.60 Å². The van der Waals surface area contributed by atoms with Crippen LogP contribution in [0.5, 0.6) is 0 Å². The van der Waals surface area contributed by atoms with Crippen LogP contribution in [0, 0.1) is 5.92 Å². The summed E-state index contributed by atoms with van der Waals surface area (Å²) in [5.41, 5.74) is 1.55. The largest absolute Gasteiger partial charge is 0.478 e. The second-order valence-corrected chi connectivity index (χ2v) is 7.64. The Balaban J connectivity index is 1.99. The van der Waals surface area contributed by atoms with Gasteiger partial charge in [0.2, 0.25) is 5.50 Å². The van der Waals surface area contributed by atoms with E-state index >= 15 is 0 Å². The normalized spacial score (nSPS) is 26.5. The minimum atomic E-state index is -3.40. The van der Waals surface area contributed by atoms with Gasteiger partial charge in [-0.25, -0.2) is 0 Å². The van der Waals surface area contributed by atoms with Crippen LogP contribution >= 0.6 is 7.60 Å². The monoisotopic (exact) mass is 334 g/mol. The summed E-state index contributed by atoms with van der Waals surface area (Å²) in [6.45, 7) is 4.25. The van der Waals surface area contributed by atoms with Gasteiger partial charge >= 0.3 is 7.60 Å². The first-order valence-corrected chi connectivity index (χ1v) is 9.72. The molecule has 0 N–H and O–H groups in total. The summed E-state index contributed by atoms with van der Waals surface area (Å²) in [6, 6.07) is 10.3. The molecular weight excluding hydrogens is 311 g/mol. The average Bonchev–Trinajstić information content (AvgIpc) is 3.04. The Bertz CT molecular complexity index is 628. The highest BCUT2D eigenvalue weighted by Crippen LogP contribution is 2.60. The molecule has 0 unspecified atom stereocenters. The lowest BCUT2D eigenvalue weighted by Crippen LogP contribution is -2.28. The van der Waals surface area contributed by atoms with Crippen molar-refractivity contribution in [3.63, 3.8) is 0 Å². The predicted octanol–water partition coefficient (Wildman–Crippen LogP) is 4.85. The molecule has 23 heavy (non-hydrogen) atoms. The van der Waals surface area contributed by atoms with Gasteiger partial charge in [-0.3, -0.25) is 4.57 Å². The second kappa shape index (κ2) is 7.04. The molecule has 0 bridgehead atoms. The summed E-state index contributed by atoms with van der Waals surface area (Å²) in [7, 11) is -3.40. The smallest absolute Gasteiger partial charge is 0.395 e. The van der Waals surface area contributed by atoms with Gasteiger partial charge < -0.3 is 13.8 Å². The first-order valence-electron chi connectivity index (χ1n) is 8.17. The lowest BCUT2D eigenvalue weighted by atomic mass is 9.82. The van der Waals surface area contributed by atoms with Crippen molar-refractivity contribution in [2.75, 3.05) is 13.2 Å². The van der Waals surface area contributed by atoms with Crippen LogP contribution in [0.4, 0.5) is 0 Å². The molecule has 0 saturated carbocycles. The standard InChI is InChI=1S/C18H23O4P/c1-3-20-23(19,21-4-2)18-13-16(14-9-6-5-7-10-14)15-11-8-12-17(15)22-18/h5-10,12-13,15-17H,3-4,11H2,1-2H3/t15-,16+,17+/m1/s1. The molecule has 0 spiro atoms. The quantitative estimate of drug-likeness (QED) is 0.551. The van der Waals surface area contributed by atoms with Gasteiger partial charge in [-0.15, -0.1) is 0 Å². The molecule has 1 aliphatic heterocycles. The number of fused-ring (bicyclic) bond motifs is 1. The van der Waals surface area contributed by atoms with Crippen molar-refractivity contribution in [1.29, 1.82) is 0 Å². The third-order valence-electron chi connectivity index (χ3n) is 4.25.